The molecule has 1 amide bonds. The van der Waals surface area contributed by atoms with E-state index in [-0.39, 0.29) is 11.9 Å². The molecule has 156 valence electrons. The standard InChI is InChI=1S/C24H23N5O2/c1-31-19-10-8-18(9-11-19)23-20-21(17-6-3-2-4-7-17)26-27-22(20)24(30)29(23)14-5-13-28-15-12-25-16-28/h2-4,6-12,15-16,23H,5,13-14H2,1H3,(H,26,27). The molecule has 7 heteroatoms. The number of ether oxygens (including phenoxy) is 1. The van der Waals surface area contributed by atoms with Crippen molar-refractivity contribution in [3.63, 3.8) is 0 Å². The summed E-state index contributed by atoms with van der Waals surface area (Å²) in [5.41, 5.74) is 4.36. The van der Waals surface area contributed by atoms with Crippen LogP contribution >= 0.6 is 0 Å². The third-order valence-electron chi connectivity index (χ3n) is 5.72. The van der Waals surface area contributed by atoms with Gasteiger partial charge in [-0.05, 0) is 24.1 Å². The molecule has 0 saturated heterocycles. The van der Waals surface area contributed by atoms with Crippen LogP contribution in [0.2, 0.25) is 0 Å². The summed E-state index contributed by atoms with van der Waals surface area (Å²) in [6.07, 6.45) is 6.33. The number of aromatic nitrogens is 4. The van der Waals surface area contributed by atoms with E-state index in [1.54, 1.807) is 19.6 Å². The van der Waals surface area contributed by atoms with Crippen LogP contribution in [0.4, 0.5) is 0 Å². The lowest BCUT2D eigenvalue weighted by Crippen LogP contribution is -2.31. The van der Waals surface area contributed by atoms with Crippen molar-refractivity contribution in [2.24, 2.45) is 0 Å². The van der Waals surface area contributed by atoms with Crippen LogP contribution in [0.5, 0.6) is 5.75 Å². The van der Waals surface area contributed by atoms with Crippen molar-refractivity contribution in [2.75, 3.05) is 13.7 Å². The molecule has 0 aliphatic carbocycles. The van der Waals surface area contributed by atoms with Crippen molar-refractivity contribution in [1.29, 1.82) is 0 Å². The summed E-state index contributed by atoms with van der Waals surface area (Å²) in [5.74, 6) is 0.770. The maximum Gasteiger partial charge on any atom is 0.273 e. The molecular formula is C24H23N5O2. The van der Waals surface area contributed by atoms with Gasteiger partial charge < -0.3 is 14.2 Å². The lowest BCUT2D eigenvalue weighted by atomic mass is 9.96. The first-order chi connectivity index (χ1) is 15.3. The highest BCUT2D eigenvalue weighted by atomic mass is 16.5. The summed E-state index contributed by atoms with van der Waals surface area (Å²) in [6, 6.07) is 17.7. The largest absolute Gasteiger partial charge is 0.497 e. The topological polar surface area (TPSA) is 76.0 Å². The fourth-order valence-corrected chi connectivity index (χ4v) is 4.22. The zero-order valence-corrected chi connectivity index (χ0v) is 17.2. The number of carbonyl (C=O) groups excluding carboxylic acids is 1. The molecule has 4 aromatic rings. The number of H-pyrrole nitrogens is 1. The van der Waals surface area contributed by atoms with Crippen LogP contribution in [-0.2, 0) is 6.54 Å². The van der Waals surface area contributed by atoms with Gasteiger partial charge in [0.15, 0.2) is 0 Å². The molecule has 0 saturated carbocycles. The fraction of sp³-hybridized carbons (Fsp3) is 0.208. The molecule has 5 rings (SSSR count). The monoisotopic (exact) mass is 413 g/mol. The van der Waals surface area contributed by atoms with Gasteiger partial charge in [0, 0.05) is 36.6 Å². The number of nitrogens with zero attached hydrogens (tertiary/aromatic N) is 4. The highest BCUT2D eigenvalue weighted by Crippen LogP contribution is 2.43. The smallest absolute Gasteiger partial charge is 0.273 e. The van der Waals surface area contributed by atoms with Crippen molar-refractivity contribution in [2.45, 2.75) is 19.0 Å². The first kappa shape index (κ1) is 19.1. The van der Waals surface area contributed by atoms with E-state index in [9.17, 15) is 4.79 Å². The van der Waals surface area contributed by atoms with Crippen LogP contribution in [0.1, 0.15) is 34.1 Å². The number of hydrogen-bond donors (Lipinski definition) is 1. The minimum Gasteiger partial charge on any atom is -0.497 e. The highest BCUT2D eigenvalue weighted by molar-refractivity contribution is 6.00. The van der Waals surface area contributed by atoms with E-state index in [2.05, 4.69) is 15.2 Å². The lowest BCUT2D eigenvalue weighted by Gasteiger charge is -2.26. The molecule has 3 heterocycles. The van der Waals surface area contributed by atoms with Gasteiger partial charge >= 0.3 is 0 Å². The quantitative estimate of drug-likeness (QED) is 0.498. The molecular weight excluding hydrogens is 390 g/mol. The Bertz CT molecular complexity index is 1170. The number of amides is 1. The van der Waals surface area contributed by atoms with Crippen LogP contribution in [0.15, 0.2) is 73.3 Å². The fourth-order valence-electron chi connectivity index (χ4n) is 4.22. The van der Waals surface area contributed by atoms with Gasteiger partial charge in [0.05, 0.1) is 25.2 Å². The van der Waals surface area contributed by atoms with Gasteiger partial charge in [-0.1, -0.05) is 42.5 Å². The van der Waals surface area contributed by atoms with Crippen molar-refractivity contribution < 1.29 is 9.53 Å². The third kappa shape index (κ3) is 3.48. The SMILES string of the molecule is COc1ccc(C2c3c(-c4ccccc4)n[nH]c3C(=O)N2CCCn2ccnc2)cc1. The summed E-state index contributed by atoms with van der Waals surface area (Å²) in [5, 5.41) is 7.52. The Morgan fingerprint density at radius 2 is 1.87 bits per heavy atom. The maximum absolute atomic E-state index is 13.4. The van der Waals surface area contributed by atoms with Crippen LogP contribution in [0.3, 0.4) is 0 Å². The van der Waals surface area contributed by atoms with E-state index < -0.39 is 0 Å². The molecule has 31 heavy (non-hydrogen) atoms. The summed E-state index contributed by atoms with van der Waals surface area (Å²) < 4.78 is 7.35. The molecule has 2 aromatic carbocycles. The number of aryl methyl sites for hydroxylation is 1. The average Bonchev–Trinajstić information content (AvgIpc) is 3.54. The molecule has 1 unspecified atom stereocenters. The van der Waals surface area contributed by atoms with Crippen LogP contribution < -0.4 is 4.74 Å². The Balaban J connectivity index is 1.52. The van der Waals surface area contributed by atoms with Crippen LogP contribution in [0, 0.1) is 0 Å². The van der Waals surface area contributed by atoms with Gasteiger partial charge in [0.25, 0.3) is 5.91 Å². The van der Waals surface area contributed by atoms with E-state index in [4.69, 9.17) is 4.74 Å². The van der Waals surface area contributed by atoms with Crippen molar-refractivity contribution in [3.05, 3.63) is 90.1 Å². The number of rotatable bonds is 7. The number of carbonyl (C=O) groups is 1. The second-order valence-corrected chi connectivity index (χ2v) is 7.56. The third-order valence-corrected chi connectivity index (χ3v) is 5.72. The number of fused-ring (bicyclic) bond motifs is 1. The lowest BCUT2D eigenvalue weighted by molar-refractivity contribution is 0.0739. The first-order valence-corrected chi connectivity index (χ1v) is 10.3. The van der Waals surface area contributed by atoms with Crippen molar-refractivity contribution in [1.82, 2.24) is 24.6 Å². The van der Waals surface area contributed by atoms with E-state index in [1.807, 2.05) is 70.3 Å². The number of aromatic amines is 1. The first-order valence-electron chi connectivity index (χ1n) is 10.3. The molecule has 0 radical (unpaired) electrons. The zero-order chi connectivity index (χ0) is 21.2. The van der Waals surface area contributed by atoms with Gasteiger partial charge in [-0.25, -0.2) is 4.98 Å². The Labute approximate surface area is 180 Å². The molecule has 1 N–H and O–H groups in total. The van der Waals surface area contributed by atoms with Crippen molar-refractivity contribution >= 4 is 5.91 Å². The number of benzene rings is 2. The Morgan fingerprint density at radius 1 is 1.06 bits per heavy atom. The predicted octanol–water partition coefficient (Wildman–Crippen LogP) is 3.92. The van der Waals surface area contributed by atoms with Crippen molar-refractivity contribution in [3.8, 4) is 17.0 Å². The molecule has 0 bridgehead atoms. The molecule has 7 nitrogen and oxygen atoms in total. The average molecular weight is 413 g/mol. The molecule has 1 aliphatic rings. The molecule has 1 aliphatic heterocycles. The normalized spacial score (nSPS) is 15.3. The maximum atomic E-state index is 13.4. The summed E-state index contributed by atoms with van der Waals surface area (Å²) in [7, 11) is 1.65. The number of methoxy groups -OCH3 is 1. The number of nitrogens with one attached hydrogen (secondary N) is 1. The summed E-state index contributed by atoms with van der Waals surface area (Å²) >= 11 is 0. The van der Waals surface area contributed by atoms with E-state index >= 15 is 0 Å². The molecule has 2 aromatic heterocycles. The minimum atomic E-state index is -0.204. The van der Waals surface area contributed by atoms with Gasteiger partial charge in [0.2, 0.25) is 0 Å². The van der Waals surface area contributed by atoms with E-state index in [0.29, 0.717) is 12.2 Å². The minimum absolute atomic E-state index is 0.0175. The number of hydrogen-bond acceptors (Lipinski definition) is 4. The molecule has 1 atom stereocenters. The second-order valence-electron chi connectivity index (χ2n) is 7.56. The predicted molar refractivity (Wildman–Crippen MR) is 117 cm³/mol. The zero-order valence-electron chi connectivity index (χ0n) is 17.2. The van der Waals surface area contributed by atoms with E-state index in [1.165, 1.54) is 0 Å². The molecule has 0 spiro atoms. The van der Waals surface area contributed by atoms with Crippen LogP contribution in [0.25, 0.3) is 11.3 Å². The molecule has 0 fully saturated rings. The Hall–Kier alpha value is -3.87. The summed E-state index contributed by atoms with van der Waals surface area (Å²) in [4.78, 5) is 19.4. The van der Waals surface area contributed by atoms with E-state index in [0.717, 1.165) is 41.1 Å². The highest BCUT2D eigenvalue weighted by Gasteiger charge is 2.41. The van der Waals surface area contributed by atoms with Gasteiger partial charge in [-0.15, -0.1) is 0 Å². The van der Waals surface area contributed by atoms with Crippen LogP contribution in [-0.4, -0.2) is 44.2 Å². The summed E-state index contributed by atoms with van der Waals surface area (Å²) in [6.45, 7) is 1.43. The number of imidazole rings is 1. The van der Waals surface area contributed by atoms with Gasteiger partial charge in [0.1, 0.15) is 11.4 Å². The van der Waals surface area contributed by atoms with Gasteiger partial charge in [-0.3, -0.25) is 9.89 Å². The Kier molecular flexibility index (Phi) is 5.00. The second kappa shape index (κ2) is 8.10. The Morgan fingerprint density at radius 3 is 2.58 bits per heavy atom. The van der Waals surface area contributed by atoms with Gasteiger partial charge in [-0.2, -0.15) is 5.10 Å².